The third-order valence-corrected chi connectivity index (χ3v) is 2.58. The summed E-state index contributed by atoms with van der Waals surface area (Å²) in [6.45, 7) is 0. The average molecular weight is 268 g/mol. The lowest BCUT2D eigenvalue weighted by molar-refractivity contribution is -0.137. The maximum atomic E-state index is 13.5. The number of nitrogens with zero attached hydrogens (tertiary/aromatic N) is 1. The normalized spacial score (nSPS) is 10.8. The Morgan fingerprint density at radius 3 is 2.79 bits per heavy atom. The highest BCUT2D eigenvalue weighted by atomic mass is 19.1. The van der Waals surface area contributed by atoms with Gasteiger partial charge in [-0.05, 0) is 12.5 Å². The highest BCUT2D eigenvalue weighted by Crippen LogP contribution is 2.14. The molecule has 5 nitrogen and oxygen atoms in total. The maximum Gasteiger partial charge on any atom is 0.303 e. The predicted molar refractivity (Wildman–Crippen MR) is 62.9 cm³/mol. The summed E-state index contributed by atoms with van der Waals surface area (Å²) in [4.78, 5) is 28.3. The second kappa shape index (κ2) is 5.13. The molecule has 0 atom stereocenters. The summed E-state index contributed by atoms with van der Waals surface area (Å²) in [5, 5.41) is 8.33. The lowest BCUT2D eigenvalue weighted by atomic mass is 10.2. The zero-order valence-electron chi connectivity index (χ0n) is 9.74. The van der Waals surface area contributed by atoms with Crippen LogP contribution in [-0.2, 0) is 11.2 Å². The number of aromatic nitrogens is 2. The van der Waals surface area contributed by atoms with E-state index in [1.165, 1.54) is 0 Å². The fourth-order valence-electron chi connectivity index (χ4n) is 1.74. The van der Waals surface area contributed by atoms with Crippen LogP contribution < -0.4 is 5.56 Å². The van der Waals surface area contributed by atoms with E-state index in [0.29, 0.717) is 6.07 Å². The van der Waals surface area contributed by atoms with Gasteiger partial charge in [0.05, 0.1) is 5.39 Å². The molecular formula is C12H10F2N2O3. The summed E-state index contributed by atoms with van der Waals surface area (Å²) in [6, 6.07) is 1.56. The number of halogens is 2. The summed E-state index contributed by atoms with van der Waals surface area (Å²) >= 11 is 0. The van der Waals surface area contributed by atoms with Gasteiger partial charge in [0.25, 0.3) is 5.56 Å². The summed E-state index contributed by atoms with van der Waals surface area (Å²) in [6.07, 6.45) is 0.397. The van der Waals surface area contributed by atoms with Crippen molar-refractivity contribution in [3.05, 3.63) is 39.9 Å². The second-order valence-corrected chi connectivity index (χ2v) is 4.04. The first-order chi connectivity index (χ1) is 8.97. The molecule has 0 aliphatic rings. The number of aryl methyl sites for hydroxylation is 1. The van der Waals surface area contributed by atoms with Crippen LogP contribution in [0.3, 0.4) is 0 Å². The van der Waals surface area contributed by atoms with Crippen LogP contribution in [0, 0.1) is 11.6 Å². The van der Waals surface area contributed by atoms with Crippen LogP contribution in [0.2, 0.25) is 0 Å². The molecule has 1 aromatic carbocycles. The van der Waals surface area contributed by atoms with E-state index in [4.69, 9.17) is 5.11 Å². The minimum atomic E-state index is -0.962. The van der Waals surface area contributed by atoms with Gasteiger partial charge in [-0.25, -0.2) is 13.8 Å². The number of H-pyrrole nitrogens is 1. The number of fused-ring (bicyclic) bond motifs is 1. The van der Waals surface area contributed by atoms with Gasteiger partial charge in [-0.1, -0.05) is 0 Å². The van der Waals surface area contributed by atoms with Crippen LogP contribution in [0.4, 0.5) is 8.78 Å². The van der Waals surface area contributed by atoms with E-state index in [1.54, 1.807) is 0 Å². The summed E-state index contributed by atoms with van der Waals surface area (Å²) < 4.78 is 26.5. The molecule has 0 fully saturated rings. The smallest absolute Gasteiger partial charge is 0.303 e. The summed E-state index contributed by atoms with van der Waals surface area (Å²) in [5.41, 5.74) is -0.857. The monoisotopic (exact) mass is 268 g/mol. The molecular weight excluding hydrogens is 258 g/mol. The molecule has 19 heavy (non-hydrogen) atoms. The molecule has 2 aromatic rings. The van der Waals surface area contributed by atoms with E-state index in [9.17, 15) is 18.4 Å². The topological polar surface area (TPSA) is 83.0 Å². The highest BCUT2D eigenvalue weighted by molar-refractivity contribution is 5.78. The van der Waals surface area contributed by atoms with E-state index in [0.717, 1.165) is 6.07 Å². The number of carboxylic acids is 1. The molecule has 2 N–H and O–H groups in total. The van der Waals surface area contributed by atoms with Gasteiger partial charge in [0.15, 0.2) is 5.82 Å². The number of rotatable bonds is 4. The van der Waals surface area contributed by atoms with Crippen LogP contribution in [-0.4, -0.2) is 21.0 Å². The zero-order valence-corrected chi connectivity index (χ0v) is 9.74. The van der Waals surface area contributed by atoms with Gasteiger partial charge in [-0.3, -0.25) is 9.59 Å². The zero-order chi connectivity index (χ0) is 14.0. The molecule has 0 amide bonds. The van der Waals surface area contributed by atoms with Crippen molar-refractivity contribution in [3.63, 3.8) is 0 Å². The number of aromatic amines is 1. The fraction of sp³-hybridized carbons (Fsp3) is 0.250. The standard InChI is InChI=1S/C12H10F2N2O3/c13-6-4-7-11(8(14)5-6)15-9(16-12(7)19)2-1-3-10(17)18/h4-5H,1-3H2,(H,17,18)(H,15,16,19). The van der Waals surface area contributed by atoms with E-state index in [-0.39, 0.29) is 36.0 Å². The van der Waals surface area contributed by atoms with Crippen molar-refractivity contribution in [2.75, 3.05) is 0 Å². The molecule has 0 aliphatic heterocycles. The Morgan fingerprint density at radius 1 is 1.37 bits per heavy atom. The SMILES string of the molecule is O=C(O)CCCc1nc2c(F)cc(F)cc2c(=O)[nH]1. The van der Waals surface area contributed by atoms with E-state index in [2.05, 4.69) is 9.97 Å². The number of hydrogen-bond donors (Lipinski definition) is 2. The molecule has 0 saturated heterocycles. The van der Waals surface area contributed by atoms with E-state index < -0.39 is 23.2 Å². The van der Waals surface area contributed by atoms with Gasteiger partial charge < -0.3 is 10.1 Å². The molecule has 1 heterocycles. The first-order valence-electron chi connectivity index (χ1n) is 5.57. The fourth-order valence-corrected chi connectivity index (χ4v) is 1.74. The first kappa shape index (κ1) is 13.1. The Morgan fingerprint density at radius 2 is 2.11 bits per heavy atom. The third-order valence-electron chi connectivity index (χ3n) is 2.58. The Balaban J connectivity index is 2.38. The second-order valence-electron chi connectivity index (χ2n) is 4.04. The molecule has 7 heteroatoms. The molecule has 0 unspecified atom stereocenters. The lowest BCUT2D eigenvalue weighted by Crippen LogP contribution is -2.13. The van der Waals surface area contributed by atoms with Crippen molar-refractivity contribution in [1.82, 2.24) is 9.97 Å². The largest absolute Gasteiger partial charge is 0.481 e. The van der Waals surface area contributed by atoms with Crippen LogP contribution >= 0.6 is 0 Å². The Kier molecular flexibility index (Phi) is 3.55. The minimum absolute atomic E-state index is 0.0757. The Hall–Kier alpha value is -2.31. The molecule has 0 spiro atoms. The van der Waals surface area contributed by atoms with Gasteiger partial charge >= 0.3 is 5.97 Å². The van der Waals surface area contributed by atoms with Crippen molar-refractivity contribution >= 4 is 16.9 Å². The number of hydrogen-bond acceptors (Lipinski definition) is 3. The lowest BCUT2D eigenvalue weighted by Gasteiger charge is -2.03. The van der Waals surface area contributed by atoms with Crippen LogP contribution in [0.15, 0.2) is 16.9 Å². The predicted octanol–water partition coefficient (Wildman–Crippen LogP) is 1.61. The highest BCUT2D eigenvalue weighted by Gasteiger charge is 2.10. The van der Waals surface area contributed by atoms with Gasteiger partial charge in [0.2, 0.25) is 0 Å². The molecule has 100 valence electrons. The number of carbonyl (C=O) groups is 1. The Bertz CT molecular complexity index is 697. The van der Waals surface area contributed by atoms with Crippen molar-refractivity contribution < 1.29 is 18.7 Å². The number of benzene rings is 1. The van der Waals surface area contributed by atoms with Crippen molar-refractivity contribution in [1.29, 1.82) is 0 Å². The van der Waals surface area contributed by atoms with Crippen LogP contribution in [0.1, 0.15) is 18.7 Å². The molecule has 0 bridgehead atoms. The molecule has 0 saturated carbocycles. The number of carboxylic acid groups (broad SMARTS) is 1. The molecule has 0 aliphatic carbocycles. The quantitative estimate of drug-likeness (QED) is 0.882. The van der Waals surface area contributed by atoms with E-state index in [1.807, 2.05) is 0 Å². The summed E-state index contributed by atoms with van der Waals surface area (Å²) in [5.74, 6) is -2.54. The third kappa shape index (κ3) is 2.93. The number of aliphatic carboxylic acids is 1. The van der Waals surface area contributed by atoms with Crippen molar-refractivity contribution in [3.8, 4) is 0 Å². The molecule has 2 rings (SSSR count). The van der Waals surface area contributed by atoms with Crippen LogP contribution in [0.25, 0.3) is 10.9 Å². The van der Waals surface area contributed by atoms with E-state index >= 15 is 0 Å². The van der Waals surface area contributed by atoms with Crippen LogP contribution in [0.5, 0.6) is 0 Å². The van der Waals surface area contributed by atoms with Gasteiger partial charge in [0.1, 0.15) is 17.2 Å². The number of nitrogens with one attached hydrogen (secondary N) is 1. The van der Waals surface area contributed by atoms with Gasteiger partial charge in [-0.15, -0.1) is 0 Å². The minimum Gasteiger partial charge on any atom is -0.481 e. The van der Waals surface area contributed by atoms with Gasteiger partial charge in [0, 0.05) is 18.9 Å². The average Bonchev–Trinajstić information content (AvgIpc) is 2.30. The Labute approximate surface area is 105 Å². The van der Waals surface area contributed by atoms with Gasteiger partial charge in [-0.2, -0.15) is 0 Å². The molecule has 0 radical (unpaired) electrons. The molecule has 1 aromatic heterocycles. The van der Waals surface area contributed by atoms with Crippen molar-refractivity contribution in [2.45, 2.75) is 19.3 Å². The van der Waals surface area contributed by atoms with Crippen molar-refractivity contribution in [2.24, 2.45) is 0 Å². The summed E-state index contributed by atoms with van der Waals surface area (Å²) in [7, 11) is 0. The maximum absolute atomic E-state index is 13.5. The first-order valence-corrected chi connectivity index (χ1v) is 5.57.